The van der Waals surface area contributed by atoms with Crippen LogP contribution in [0.1, 0.15) is 24.8 Å². The molecule has 0 radical (unpaired) electrons. The first-order chi connectivity index (χ1) is 15.5. The van der Waals surface area contributed by atoms with Crippen LogP contribution in [0.2, 0.25) is 0 Å². The SMILES string of the molecule is O=S(=O)(c1cccc2ccccc12)n1cc(C2=CCN3CCCC3C2)c2cc(F)ccc21. The van der Waals surface area contributed by atoms with E-state index in [9.17, 15) is 12.8 Å². The van der Waals surface area contributed by atoms with Crippen molar-refractivity contribution in [1.29, 1.82) is 0 Å². The molecule has 2 aliphatic heterocycles. The van der Waals surface area contributed by atoms with Gasteiger partial charge in [0.1, 0.15) is 5.82 Å². The van der Waals surface area contributed by atoms with E-state index < -0.39 is 10.0 Å². The maximum atomic E-state index is 14.2. The van der Waals surface area contributed by atoms with Crippen LogP contribution < -0.4 is 0 Å². The monoisotopic (exact) mass is 446 g/mol. The van der Waals surface area contributed by atoms with Gasteiger partial charge in [-0.3, -0.25) is 4.90 Å². The van der Waals surface area contributed by atoms with Crippen molar-refractivity contribution in [2.75, 3.05) is 13.1 Å². The van der Waals surface area contributed by atoms with E-state index >= 15 is 0 Å². The van der Waals surface area contributed by atoms with E-state index in [1.807, 2.05) is 30.3 Å². The Morgan fingerprint density at radius 2 is 1.81 bits per heavy atom. The Morgan fingerprint density at radius 1 is 0.969 bits per heavy atom. The molecule has 4 nitrogen and oxygen atoms in total. The maximum absolute atomic E-state index is 14.2. The van der Waals surface area contributed by atoms with Crippen LogP contribution in [0.5, 0.6) is 0 Å². The van der Waals surface area contributed by atoms with Crippen molar-refractivity contribution in [2.24, 2.45) is 0 Å². The number of benzene rings is 3. The van der Waals surface area contributed by atoms with Gasteiger partial charge in [0.2, 0.25) is 0 Å². The van der Waals surface area contributed by atoms with Gasteiger partial charge in [-0.2, -0.15) is 0 Å². The van der Waals surface area contributed by atoms with Crippen LogP contribution >= 0.6 is 0 Å². The third-order valence-corrected chi connectivity index (χ3v) is 8.62. The van der Waals surface area contributed by atoms with Gasteiger partial charge in [0.25, 0.3) is 10.0 Å². The highest BCUT2D eigenvalue weighted by atomic mass is 32.2. The fourth-order valence-corrected chi connectivity index (χ4v) is 6.89. The van der Waals surface area contributed by atoms with Crippen molar-refractivity contribution in [1.82, 2.24) is 8.87 Å². The molecule has 0 spiro atoms. The predicted octanol–water partition coefficient (Wildman–Crippen LogP) is 5.42. The van der Waals surface area contributed by atoms with Crippen molar-refractivity contribution in [3.8, 4) is 0 Å². The summed E-state index contributed by atoms with van der Waals surface area (Å²) in [6.45, 7) is 1.97. The minimum atomic E-state index is -3.88. The van der Waals surface area contributed by atoms with Gasteiger partial charge in [-0.15, -0.1) is 0 Å². The van der Waals surface area contributed by atoms with Crippen LogP contribution in [0.25, 0.3) is 27.2 Å². The van der Waals surface area contributed by atoms with Crippen molar-refractivity contribution < 1.29 is 12.8 Å². The summed E-state index contributed by atoms with van der Waals surface area (Å²) in [5.41, 5.74) is 2.43. The number of fused-ring (bicyclic) bond motifs is 3. The van der Waals surface area contributed by atoms with Gasteiger partial charge in [-0.1, -0.05) is 42.5 Å². The van der Waals surface area contributed by atoms with Crippen LogP contribution in [0.15, 0.2) is 77.8 Å². The van der Waals surface area contributed by atoms with Gasteiger partial charge < -0.3 is 0 Å². The van der Waals surface area contributed by atoms with Crippen LogP contribution in [0, 0.1) is 5.82 Å². The van der Waals surface area contributed by atoms with Gasteiger partial charge >= 0.3 is 0 Å². The highest BCUT2D eigenvalue weighted by Gasteiger charge is 2.30. The zero-order valence-corrected chi connectivity index (χ0v) is 18.4. The molecule has 0 saturated carbocycles. The zero-order valence-electron chi connectivity index (χ0n) is 17.5. The van der Waals surface area contributed by atoms with Crippen molar-refractivity contribution in [2.45, 2.75) is 30.2 Å². The average molecular weight is 447 g/mol. The third-order valence-electron chi connectivity index (χ3n) is 6.89. The molecule has 6 heteroatoms. The summed E-state index contributed by atoms with van der Waals surface area (Å²) >= 11 is 0. The second-order valence-corrected chi connectivity index (χ2v) is 10.5. The highest BCUT2D eigenvalue weighted by molar-refractivity contribution is 7.90. The van der Waals surface area contributed by atoms with Crippen LogP contribution in [-0.4, -0.2) is 36.4 Å². The van der Waals surface area contributed by atoms with Crippen LogP contribution in [0.4, 0.5) is 4.39 Å². The molecule has 1 atom stereocenters. The fraction of sp³-hybridized carbons (Fsp3) is 0.231. The minimum Gasteiger partial charge on any atom is -0.296 e. The average Bonchev–Trinajstić information content (AvgIpc) is 3.42. The number of hydrogen-bond acceptors (Lipinski definition) is 3. The quantitative estimate of drug-likeness (QED) is 0.422. The molecule has 2 aliphatic rings. The standard InChI is InChI=1S/C26H23FN2O2S/c27-20-10-11-25-23(16-20)24(19-12-14-28-13-4-7-21(28)15-19)17-29(25)32(30,31)26-9-3-6-18-5-1-2-8-22(18)26/h1-3,5-6,8-12,16-17,21H,4,7,13-15H2. The second kappa shape index (κ2) is 7.29. The van der Waals surface area contributed by atoms with Gasteiger partial charge in [0, 0.05) is 35.1 Å². The molecule has 1 saturated heterocycles. The molecule has 3 aromatic carbocycles. The topological polar surface area (TPSA) is 42.3 Å². The Morgan fingerprint density at radius 3 is 2.72 bits per heavy atom. The van der Waals surface area contributed by atoms with E-state index in [0.29, 0.717) is 22.3 Å². The van der Waals surface area contributed by atoms with Gasteiger partial charge in [-0.25, -0.2) is 16.8 Å². The second-order valence-electron chi connectivity index (χ2n) is 8.71. The van der Waals surface area contributed by atoms with Crippen molar-refractivity contribution in [3.05, 3.63) is 84.3 Å². The molecule has 0 amide bonds. The predicted molar refractivity (Wildman–Crippen MR) is 126 cm³/mol. The van der Waals surface area contributed by atoms with E-state index in [4.69, 9.17) is 0 Å². The summed E-state index contributed by atoms with van der Waals surface area (Å²) < 4.78 is 43.3. The zero-order chi connectivity index (χ0) is 21.9. The molecule has 6 rings (SSSR count). The normalized spacial score (nSPS) is 19.4. The van der Waals surface area contributed by atoms with Crippen molar-refractivity contribution >= 4 is 37.3 Å². The Bertz CT molecular complexity index is 1500. The van der Waals surface area contributed by atoms with Gasteiger partial charge in [0.05, 0.1) is 10.4 Å². The third kappa shape index (κ3) is 3.01. The molecule has 0 aliphatic carbocycles. The molecule has 1 aromatic heterocycles. The van der Waals surface area contributed by atoms with Crippen LogP contribution in [0.3, 0.4) is 0 Å². The molecule has 1 unspecified atom stereocenters. The molecular formula is C26H23FN2O2S. The first kappa shape index (κ1) is 19.7. The van der Waals surface area contributed by atoms with Gasteiger partial charge in [0.15, 0.2) is 0 Å². The lowest BCUT2D eigenvalue weighted by atomic mass is 9.94. The van der Waals surface area contributed by atoms with E-state index in [-0.39, 0.29) is 10.7 Å². The maximum Gasteiger partial charge on any atom is 0.268 e. The lowest BCUT2D eigenvalue weighted by Crippen LogP contribution is -2.32. The molecule has 4 aromatic rings. The van der Waals surface area contributed by atoms with Gasteiger partial charge in [-0.05, 0) is 61.0 Å². The number of halogens is 1. The minimum absolute atomic E-state index is 0.253. The van der Waals surface area contributed by atoms with E-state index in [1.54, 1.807) is 24.4 Å². The lowest BCUT2D eigenvalue weighted by molar-refractivity contribution is 0.275. The number of nitrogens with zero attached hydrogens (tertiary/aromatic N) is 2. The number of rotatable bonds is 3. The van der Waals surface area contributed by atoms with Crippen LogP contribution in [-0.2, 0) is 10.0 Å². The summed E-state index contributed by atoms with van der Waals surface area (Å²) in [5.74, 6) is -0.363. The lowest BCUT2D eigenvalue weighted by Gasteiger charge is -2.29. The first-order valence-corrected chi connectivity index (χ1v) is 12.4. The number of hydrogen-bond donors (Lipinski definition) is 0. The molecule has 0 bridgehead atoms. The molecule has 162 valence electrons. The largest absolute Gasteiger partial charge is 0.296 e. The Kier molecular flexibility index (Phi) is 4.49. The Balaban J connectivity index is 1.56. The van der Waals surface area contributed by atoms with E-state index in [2.05, 4.69) is 11.0 Å². The first-order valence-electron chi connectivity index (χ1n) is 11.0. The molecule has 1 fully saturated rings. The van der Waals surface area contributed by atoms with E-state index in [0.717, 1.165) is 42.5 Å². The molecule has 3 heterocycles. The molecule has 0 N–H and O–H groups in total. The van der Waals surface area contributed by atoms with E-state index in [1.165, 1.54) is 22.5 Å². The summed E-state index contributed by atoms with van der Waals surface area (Å²) in [6, 6.07) is 17.6. The number of aromatic nitrogens is 1. The molecule has 32 heavy (non-hydrogen) atoms. The Labute approximate surface area is 186 Å². The highest BCUT2D eigenvalue weighted by Crippen LogP contribution is 2.38. The van der Waals surface area contributed by atoms with Crippen molar-refractivity contribution in [3.63, 3.8) is 0 Å². The summed E-state index contributed by atoms with van der Waals surface area (Å²) in [4.78, 5) is 2.72. The molecular weight excluding hydrogens is 423 g/mol. The summed E-state index contributed by atoms with van der Waals surface area (Å²) in [5, 5.41) is 2.19. The Hall–Kier alpha value is -2.96. The summed E-state index contributed by atoms with van der Waals surface area (Å²) in [7, 11) is -3.88. The fourth-order valence-electron chi connectivity index (χ4n) is 5.31. The smallest absolute Gasteiger partial charge is 0.268 e. The summed E-state index contributed by atoms with van der Waals surface area (Å²) in [6.07, 6.45) is 7.08.